The molecule has 0 saturated carbocycles. The van der Waals surface area contributed by atoms with E-state index in [0.717, 1.165) is 0 Å². The van der Waals surface area contributed by atoms with Gasteiger partial charge >= 0.3 is 12.1 Å². The van der Waals surface area contributed by atoms with Crippen molar-refractivity contribution in [1.29, 1.82) is 0 Å². The lowest BCUT2D eigenvalue weighted by Crippen LogP contribution is -2.44. The minimum absolute atomic E-state index is 0.0220. The van der Waals surface area contributed by atoms with Gasteiger partial charge in [0.15, 0.2) is 0 Å². The molecule has 21 heavy (non-hydrogen) atoms. The number of hydrogen-bond donors (Lipinski definition) is 2. The van der Waals surface area contributed by atoms with Crippen LogP contribution in [0.4, 0.5) is 9.18 Å². The van der Waals surface area contributed by atoms with E-state index >= 15 is 0 Å². The first-order valence-electron chi connectivity index (χ1n) is 6.56. The maximum absolute atomic E-state index is 13.5. The molecule has 0 aliphatic carbocycles. The molecular formula is C15H20FNO4. The highest BCUT2D eigenvalue weighted by Gasteiger charge is 2.24. The molecule has 1 amide bonds. The van der Waals surface area contributed by atoms with Crippen LogP contribution in [0.3, 0.4) is 0 Å². The second-order valence-electron chi connectivity index (χ2n) is 5.82. The predicted molar refractivity (Wildman–Crippen MR) is 75.6 cm³/mol. The van der Waals surface area contributed by atoms with Crippen molar-refractivity contribution in [1.82, 2.24) is 5.32 Å². The van der Waals surface area contributed by atoms with Crippen molar-refractivity contribution in [2.24, 2.45) is 0 Å². The van der Waals surface area contributed by atoms with Crippen LogP contribution in [-0.4, -0.2) is 28.8 Å². The molecule has 6 heteroatoms. The molecule has 0 aromatic heterocycles. The van der Waals surface area contributed by atoms with Crippen LogP contribution in [0.5, 0.6) is 0 Å². The number of carbonyl (C=O) groups excluding carboxylic acids is 1. The van der Waals surface area contributed by atoms with E-state index in [1.807, 2.05) is 0 Å². The summed E-state index contributed by atoms with van der Waals surface area (Å²) in [6, 6.07) is 3.28. The van der Waals surface area contributed by atoms with Gasteiger partial charge in [0.1, 0.15) is 17.5 Å². The quantitative estimate of drug-likeness (QED) is 0.896. The Hall–Kier alpha value is -2.11. The van der Waals surface area contributed by atoms with Crippen molar-refractivity contribution >= 4 is 12.1 Å². The van der Waals surface area contributed by atoms with Crippen LogP contribution in [0.25, 0.3) is 0 Å². The second-order valence-corrected chi connectivity index (χ2v) is 5.82. The molecule has 0 aliphatic rings. The predicted octanol–water partition coefficient (Wildman–Crippen LogP) is 2.65. The maximum Gasteiger partial charge on any atom is 0.408 e. The van der Waals surface area contributed by atoms with Crippen LogP contribution in [-0.2, 0) is 16.0 Å². The molecule has 0 aliphatic heterocycles. The van der Waals surface area contributed by atoms with Crippen molar-refractivity contribution < 1.29 is 23.8 Å². The second kappa shape index (κ2) is 6.56. The molecule has 0 heterocycles. The summed E-state index contributed by atoms with van der Waals surface area (Å²) in [5.41, 5.74) is 0.246. The first-order chi connectivity index (χ1) is 9.58. The lowest BCUT2D eigenvalue weighted by Gasteiger charge is -2.22. The number of nitrogens with one attached hydrogen (secondary N) is 1. The Labute approximate surface area is 123 Å². The van der Waals surface area contributed by atoms with Gasteiger partial charge < -0.3 is 15.2 Å². The molecule has 0 radical (unpaired) electrons. The highest BCUT2D eigenvalue weighted by atomic mass is 19.1. The Balaban J connectivity index is 2.76. The number of rotatable bonds is 4. The van der Waals surface area contributed by atoms with Gasteiger partial charge in [0.25, 0.3) is 0 Å². The summed E-state index contributed by atoms with van der Waals surface area (Å²) >= 11 is 0. The topological polar surface area (TPSA) is 75.6 Å². The van der Waals surface area contributed by atoms with Crippen LogP contribution < -0.4 is 5.32 Å². The number of aryl methyl sites for hydroxylation is 1. The number of amides is 1. The molecule has 1 rings (SSSR count). The Morgan fingerprint density at radius 2 is 2.00 bits per heavy atom. The van der Waals surface area contributed by atoms with E-state index in [2.05, 4.69) is 5.32 Å². The molecule has 1 aromatic carbocycles. The van der Waals surface area contributed by atoms with Crippen LogP contribution in [0.15, 0.2) is 18.2 Å². The number of alkyl carbamates (subject to hydrolysis) is 1. The zero-order chi connectivity index (χ0) is 16.2. The molecule has 0 spiro atoms. The molecule has 0 saturated heterocycles. The highest BCUT2D eigenvalue weighted by molar-refractivity contribution is 5.80. The smallest absolute Gasteiger partial charge is 0.408 e. The van der Waals surface area contributed by atoms with Gasteiger partial charge in [0.05, 0.1) is 0 Å². The summed E-state index contributed by atoms with van der Waals surface area (Å²) in [5, 5.41) is 11.4. The molecular weight excluding hydrogens is 277 g/mol. The molecule has 1 aromatic rings. The minimum atomic E-state index is -1.21. The van der Waals surface area contributed by atoms with Crippen molar-refractivity contribution in [3.05, 3.63) is 35.1 Å². The lowest BCUT2D eigenvalue weighted by atomic mass is 10.0. The van der Waals surface area contributed by atoms with Gasteiger partial charge in [-0.15, -0.1) is 0 Å². The van der Waals surface area contributed by atoms with Crippen molar-refractivity contribution in [2.75, 3.05) is 0 Å². The molecule has 5 nitrogen and oxygen atoms in total. The fourth-order valence-electron chi connectivity index (χ4n) is 1.65. The standard InChI is InChI=1S/C15H20FNO4/c1-9-5-6-10(7-11(9)16)8-12(13(18)19)17-14(20)21-15(2,3)4/h5-7,12H,8H2,1-4H3,(H,17,20)(H,18,19). The fraction of sp³-hybridized carbons (Fsp3) is 0.467. The van der Waals surface area contributed by atoms with Gasteiger partial charge in [0, 0.05) is 6.42 Å². The van der Waals surface area contributed by atoms with E-state index < -0.39 is 29.5 Å². The third kappa shape index (κ3) is 5.81. The maximum atomic E-state index is 13.5. The van der Waals surface area contributed by atoms with E-state index in [4.69, 9.17) is 9.84 Å². The summed E-state index contributed by atoms with van der Waals surface area (Å²) in [6.07, 6.45) is -0.839. The molecule has 1 unspecified atom stereocenters. The van der Waals surface area contributed by atoms with Gasteiger partial charge in [-0.2, -0.15) is 0 Å². The number of benzene rings is 1. The first kappa shape index (κ1) is 16.9. The summed E-state index contributed by atoms with van der Waals surface area (Å²) < 4.78 is 18.5. The fourth-order valence-corrected chi connectivity index (χ4v) is 1.65. The van der Waals surface area contributed by atoms with Crippen molar-refractivity contribution in [2.45, 2.75) is 45.8 Å². The number of ether oxygens (including phenoxy) is 1. The van der Waals surface area contributed by atoms with Crippen molar-refractivity contribution in [3.8, 4) is 0 Å². The van der Waals surface area contributed by atoms with Crippen LogP contribution in [0.2, 0.25) is 0 Å². The zero-order valence-corrected chi connectivity index (χ0v) is 12.6. The normalized spacial score (nSPS) is 12.6. The number of aliphatic carboxylic acids is 1. The average molecular weight is 297 g/mol. The number of carboxylic acids is 1. The Kier molecular flexibility index (Phi) is 5.29. The monoisotopic (exact) mass is 297 g/mol. The Morgan fingerprint density at radius 1 is 1.38 bits per heavy atom. The molecule has 1 atom stereocenters. The van der Waals surface area contributed by atoms with E-state index in [1.165, 1.54) is 6.07 Å². The van der Waals surface area contributed by atoms with Gasteiger partial charge in [0.2, 0.25) is 0 Å². The SMILES string of the molecule is Cc1ccc(CC(NC(=O)OC(C)(C)C)C(=O)O)cc1F. The number of hydrogen-bond acceptors (Lipinski definition) is 3. The molecule has 0 bridgehead atoms. The van der Waals surface area contributed by atoms with Gasteiger partial charge in [-0.25, -0.2) is 14.0 Å². The third-order valence-corrected chi connectivity index (χ3v) is 2.67. The van der Waals surface area contributed by atoms with Gasteiger partial charge in [-0.05, 0) is 44.9 Å². The number of halogens is 1. The zero-order valence-electron chi connectivity index (χ0n) is 12.6. The lowest BCUT2D eigenvalue weighted by molar-refractivity contribution is -0.139. The molecule has 0 fully saturated rings. The Morgan fingerprint density at radius 3 is 2.48 bits per heavy atom. The summed E-state index contributed by atoms with van der Waals surface area (Å²) in [4.78, 5) is 22.8. The van der Waals surface area contributed by atoms with E-state index in [-0.39, 0.29) is 6.42 Å². The summed E-state index contributed by atoms with van der Waals surface area (Å²) in [5.74, 6) is -1.62. The first-order valence-corrected chi connectivity index (χ1v) is 6.56. The van der Waals surface area contributed by atoms with E-state index in [9.17, 15) is 14.0 Å². The number of carbonyl (C=O) groups is 2. The minimum Gasteiger partial charge on any atom is -0.480 e. The highest BCUT2D eigenvalue weighted by Crippen LogP contribution is 2.12. The molecule has 116 valence electrons. The summed E-state index contributed by atoms with van der Waals surface area (Å²) in [6.45, 7) is 6.65. The van der Waals surface area contributed by atoms with Crippen LogP contribution in [0.1, 0.15) is 31.9 Å². The van der Waals surface area contributed by atoms with Crippen LogP contribution >= 0.6 is 0 Å². The van der Waals surface area contributed by atoms with Crippen molar-refractivity contribution in [3.63, 3.8) is 0 Å². The third-order valence-electron chi connectivity index (χ3n) is 2.67. The number of carboxylic acid groups (broad SMARTS) is 1. The van der Waals surface area contributed by atoms with E-state index in [0.29, 0.717) is 11.1 Å². The molecule has 2 N–H and O–H groups in total. The summed E-state index contributed by atoms with van der Waals surface area (Å²) in [7, 11) is 0. The average Bonchev–Trinajstić information content (AvgIpc) is 2.30. The van der Waals surface area contributed by atoms with Crippen LogP contribution in [0, 0.1) is 12.7 Å². The van der Waals surface area contributed by atoms with Gasteiger partial charge in [-0.3, -0.25) is 0 Å². The Bertz CT molecular complexity index is 537. The largest absolute Gasteiger partial charge is 0.480 e. The van der Waals surface area contributed by atoms with Gasteiger partial charge in [-0.1, -0.05) is 12.1 Å². The van der Waals surface area contributed by atoms with E-state index in [1.54, 1.807) is 39.8 Å².